The highest BCUT2D eigenvalue weighted by atomic mass is 16.7. The number of hydrogen-bond donors (Lipinski definition) is 4. The molecule has 0 bridgehead atoms. The number of cyclic esters (lactones) is 1. The van der Waals surface area contributed by atoms with Crippen molar-refractivity contribution in [2.24, 2.45) is 29.1 Å². The predicted octanol–water partition coefficient (Wildman–Crippen LogP) is 1.68. The summed E-state index contributed by atoms with van der Waals surface area (Å²) >= 11 is 0. The molecule has 0 aromatic carbocycles. The van der Waals surface area contributed by atoms with Crippen molar-refractivity contribution in [3.05, 3.63) is 11.6 Å². The molecule has 0 aromatic heterocycles. The second kappa shape index (κ2) is 7.98. The van der Waals surface area contributed by atoms with E-state index in [1.165, 1.54) is 0 Å². The van der Waals surface area contributed by atoms with Gasteiger partial charge in [-0.15, -0.1) is 0 Å². The zero-order chi connectivity index (χ0) is 24.7. The van der Waals surface area contributed by atoms with E-state index >= 15 is 0 Å². The van der Waals surface area contributed by atoms with Gasteiger partial charge in [0, 0.05) is 37.4 Å². The normalized spacial score (nSPS) is 50.8. The summed E-state index contributed by atoms with van der Waals surface area (Å²) in [5.41, 5.74) is -1.90. The summed E-state index contributed by atoms with van der Waals surface area (Å²) in [5, 5.41) is 46.3. The number of aliphatic hydroxyl groups excluding tert-OH is 2. The molecular weight excluding hydrogens is 440 g/mol. The van der Waals surface area contributed by atoms with Gasteiger partial charge in [0.15, 0.2) is 5.79 Å². The molecule has 5 rings (SSSR count). The van der Waals surface area contributed by atoms with Gasteiger partial charge in [0.2, 0.25) is 0 Å². The molecule has 0 saturated heterocycles. The first kappa shape index (κ1) is 24.7. The first-order valence-electron chi connectivity index (χ1n) is 12.7. The van der Waals surface area contributed by atoms with Gasteiger partial charge in [-0.3, -0.25) is 0 Å². The largest absolute Gasteiger partial charge is 0.458 e. The number of esters is 1. The van der Waals surface area contributed by atoms with Crippen molar-refractivity contribution in [2.75, 3.05) is 13.7 Å². The van der Waals surface area contributed by atoms with Crippen molar-refractivity contribution >= 4 is 5.97 Å². The van der Waals surface area contributed by atoms with Crippen LogP contribution in [-0.2, 0) is 19.0 Å². The summed E-state index contributed by atoms with van der Waals surface area (Å²) in [7, 11) is 1.56. The van der Waals surface area contributed by atoms with Gasteiger partial charge >= 0.3 is 5.97 Å². The Morgan fingerprint density at radius 2 is 1.88 bits per heavy atom. The van der Waals surface area contributed by atoms with Gasteiger partial charge in [-0.2, -0.15) is 0 Å². The van der Waals surface area contributed by atoms with Crippen LogP contribution >= 0.6 is 0 Å². The second-order valence-corrected chi connectivity index (χ2v) is 12.2. The fourth-order valence-corrected chi connectivity index (χ4v) is 8.66. The van der Waals surface area contributed by atoms with Crippen LogP contribution in [0.15, 0.2) is 11.6 Å². The molecule has 1 aliphatic heterocycles. The Balaban J connectivity index is 1.51. The monoisotopic (exact) mass is 480 g/mol. The molecule has 192 valence electrons. The molecule has 34 heavy (non-hydrogen) atoms. The fourth-order valence-electron chi connectivity index (χ4n) is 8.66. The van der Waals surface area contributed by atoms with Crippen LogP contribution in [0.3, 0.4) is 0 Å². The van der Waals surface area contributed by atoms with Crippen LogP contribution in [0.25, 0.3) is 0 Å². The maximum Gasteiger partial charge on any atom is 0.331 e. The van der Waals surface area contributed by atoms with Crippen LogP contribution in [-0.4, -0.2) is 75.4 Å². The minimum atomic E-state index is -1.18. The first-order valence-corrected chi connectivity index (χ1v) is 12.7. The molecule has 8 nitrogen and oxygen atoms in total. The third-order valence-electron chi connectivity index (χ3n) is 10.2. The maximum atomic E-state index is 12.3. The minimum absolute atomic E-state index is 0.0343. The molecular formula is C26H40O8. The molecule has 10 atom stereocenters. The molecule has 4 N–H and O–H groups in total. The van der Waals surface area contributed by atoms with Crippen molar-refractivity contribution in [1.29, 1.82) is 0 Å². The van der Waals surface area contributed by atoms with E-state index in [0.717, 1.165) is 12.0 Å². The van der Waals surface area contributed by atoms with E-state index in [2.05, 4.69) is 0 Å². The highest BCUT2D eigenvalue weighted by Crippen LogP contribution is 2.68. The van der Waals surface area contributed by atoms with E-state index in [9.17, 15) is 25.2 Å². The number of aliphatic hydroxyl groups is 4. The van der Waals surface area contributed by atoms with Crippen LogP contribution < -0.4 is 0 Å². The van der Waals surface area contributed by atoms with Crippen molar-refractivity contribution < 1.29 is 39.4 Å². The Labute approximate surface area is 201 Å². The zero-order valence-corrected chi connectivity index (χ0v) is 20.7. The average molecular weight is 481 g/mol. The highest BCUT2D eigenvalue weighted by molar-refractivity contribution is 5.85. The van der Waals surface area contributed by atoms with E-state index in [0.29, 0.717) is 32.1 Å². The third-order valence-corrected chi connectivity index (χ3v) is 10.2. The second-order valence-electron chi connectivity index (χ2n) is 12.2. The molecule has 0 radical (unpaired) electrons. The van der Waals surface area contributed by atoms with E-state index in [-0.39, 0.29) is 36.8 Å². The van der Waals surface area contributed by atoms with Crippen LogP contribution in [0.2, 0.25) is 0 Å². The van der Waals surface area contributed by atoms with Gasteiger partial charge in [-0.1, -0.05) is 6.92 Å². The Morgan fingerprint density at radius 1 is 1.15 bits per heavy atom. The van der Waals surface area contributed by atoms with Crippen LogP contribution in [0.1, 0.15) is 65.7 Å². The predicted molar refractivity (Wildman–Crippen MR) is 121 cm³/mol. The topological polar surface area (TPSA) is 126 Å². The summed E-state index contributed by atoms with van der Waals surface area (Å²) in [6, 6.07) is 0. The van der Waals surface area contributed by atoms with Crippen molar-refractivity contribution in [2.45, 2.75) is 101 Å². The number of carbonyl (C=O) groups is 1. The molecule has 1 heterocycles. The van der Waals surface area contributed by atoms with Gasteiger partial charge in [0.25, 0.3) is 0 Å². The summed E-state index contributed by atoms with van der Waals surface area (Å²) in [5.74, 6) is -2.30. The quantitative estimate of drug-likeness (QED) is 0.354. The summed E-state index contributed by atoms with van der Waals surface area (Å²) in [4.78, 5) is 11.8. The van der Waals surface area contributed by atoms with E-state index < -0.39 is 46.6 Å². The number of carbonyl (C=O) groups excluding carboxylic acids is 1. The fraction of sp³-hybridized carbons (Fsp3) is 0.885. The Kier molecular flexibility index (Phi) is 5.79. The molecule has 4 fully saturated rings. The maximum absolute atomic E-state index is 12.3. The lowest BCUT2D eigenvalue weighted by atomic mass is 9.45. The highest BCUT2D eigenvalue weighted by Gasteiger charge is 2.70. The number of rotatable bonds is 4. The Hall–Kier alpha value is -1.03. The SMILES string of the molecule is COC(C)(C)O[C@@H]1C[C@H](O)C[C@@]2(O)CCC3C(C12)[C@H](O)C[C@]1(C)[C@@H](C2=CC(=O)OC2)CC[C@]31O. The van der Waals surface area contributed by atoms with Crippen LogP contribution in [0.5, 0.6) is 0 Å². The number of fused-ring (bicyclic) bond motifs is 5. The Bertz CT molecular complexity index is 871. The number of ether oxygens (including phenoxy) is 3. The minimum Gasteiger partial charge on any atom is -0.458 e. The molecule has 4 saturated carbocycles. The molecule has 5 aliphatic rings. The van der Waals surface area contributed by atoms with Crippen LogP contribution in [0, 0.1) is 29.1 Å². The lowest BCUT2D eigenvalue weighted by molar-refractivity contribution is -0.305. The standard InChI is InChI=1S/C26H40O8/c1-23(2,32-4)34-19-10-15(27)11-25(30)7-5-17-21(22(19)25)18(28)12-24(3)16(6-8-26(17,24)31)14-9-20(29)33-13-14/h9,15-19,21-22,27-28,30-31H,5-8,10-13H2,1-4H3/t15-,16+,17?,18+,19+,21?,22?,24+,25-,26-/m0/s1. The number of methoxy groups -OCH3 is 1. The first-order chi connectivity index (χ1) is 15.8. The molecule has 8 heteroatoms. The summed E-state index contributed by atoms with van der Waals surface area (Å²) < 4.78 is 17.0. The molecule has 0 spiro atoms. The molecule has 4 aliphatic carbocycles. The van der Waals surface area contributed by atoms with Crippen molar-refractivity contribution in [3.8, 4) is 0 Å². The lowest BCUT2D eigenvalue weighted by Crippen LogP contribution is -2.69. The number of hydrogen-bond acceptors (Lipinski definition) is 8. The molecule has 3 unspecified atom stereocenters. The van der Waals surface area contributed by atoms with Crippen molar-refractivity contribution in [1.82, 2.24) is 0 Å². The smallest absolute Gasteiger partial charge is 0.331 e. The average Bonchev–Trinajstić information content (AvgIpc) is 3.27. The Morgan fingerprint density at radius 3 is 2.53 bits per heavy atom. The van der Waals surface area contributed by atoms with Gasteiger partial charge in [0.05, 0.1) is 29.5 Å². The van der Waals surface area contributed by atoms with Crippen molar-refractivity contribution in [3.63, 3.8) is 0 Å². The third kappa shape index (κ3) is 3.51. The van der Waals surface area contributed by atoms with Gasteiger partial charge < -0.3 is 34.6 Å². The summed E-state index contributed by atoms with van der Waals surface area (Å²) in [6.07, 6.45) is 2.86. The van der Waals surface area contributed by atoms with Gasteiger partial charge in [-0.25, -0.2) is 4.79 Å². The summed E-state index contributed by atoms with van der Waals surface area (Å²) in [6.45, 7) is 5.90. The zero-order valence-electron chi connectivity index (χ0n) is 20.7. The van der Waals surface area contributed by atoms with E-state index in [1.807, 2.05) is 6.92 Å². The molecule has 0 aromatic rings. The van der Waals surface area contributed by atoms with E-state index in [1.54, 1.807) is 27.0 Å². The van der Waals surface area contributed by atoms with Crippen LogP contribution in [0.4, 0.5) is 0 Å². The lowest BCUT2D eigenvalue weighted by Gasteiger charge is -2.64. The van der Waals surface area contributed by atoms with Gasteiger partial charge in [-0.05, 0) is 69.3 Å². The molecule has 0 amide bonds. The van der Waals surface area contributed by atoms with E-state index in [4.69, 9.17) is 14.2 Å². The van der Waals surface area contributed by atoms with Gasteiger partial charge in [0.1, 0.15) is 6.61 Å².